The lowest BCUT2D eigenvalue weighted by molar-refractivity contribution is -0.145. The van der Waals surface area contributed by atoms with E-state index in [0.717, 1.165) is 31.5 Å². The highest BCUT2D eigenvalue weighted by Gasteiger charge is 2.45. The number of benzene rings is 2. The minimum absolute atomic E-state index is 0.00839. The van der Waals surface area contributed by atoms with Crippen LogP contribution in [0.3, 0.4) is 0 Å². The zero-order valence-electron chi connectivity index (χ0n) is 24.2. The van der Waals surface area contributed by atoms with E-state index < -0.39 is 21.4 Å². The summed E-state index contributed by atoms with van der Waals surface area (Å²) in [5.41, 5.74) is 0.460. The van der Waals surface area contributed by atoms with Crippen LogP contribution in [0.2, 0.25) is 0 Å². The molecule has 3 heterocycles. The molecule has 0 atom stereocenters. The van der Waals surface area contributed by atoms with Crippen molar-refractivity contribution >= 4 is 21.5 Å². The summed E-state index contributed by atoms with van der Waals surface area (Å²) >= 11 is 0. The molecular weight excluding hydrogens is 570 g/mol. The topological polar surface area (TPSA) is 147 Å². The molecule has 1 saturated heterocycles. The van der Waals surface area contributed by atoms with Crippen LogP contribution >= 0.6 is 0 Å². The Morgan fingerprint density at radius 2 is 1.81 bits per heavy atom. The van der Waals surface area contributed by atoms with Crippen LogP contribution in [0, 0.1) is 6.92 Å². The third kappa shape index (κ3) is 5.02. The van der Waals surface area contributed by atoms with Gasteiger partial charge in [-0.05, 0) is 63.3 Å². The molecule has 2 aromatic carbocycles. The fraction of sp³-hybridized carbons (Fsp3) is 0.419. The van der Waals surface area contributed by atoms with Gasteiger partial charge in [-0.3, -0.25) is 9.59 Å². The van der Waals surface area contributed by atoms with Gasteiger partial charge in [-0.2, -0.15) is 4.31 Å². The summed E-state index contributed by atoms with van der Waals surface area (Å²) in [5.74, 6) is 0.552. The van der Waals surface area contributed by atoms with Crippen LogP contribution in [-0.2, 0) is 20.2 Å². The van der Waals surface area contributed by atoms with Crippen molar-refractivity contribution in [2.24, 2.45) is 0 Å². The fourth-order valence-electron chi connectivity index (χ4n) is 6.54. The Morgan fingerprint density at radius 3 is 2.47 bits per heavy atom. The predicted molar refractivity (Wildman–Crippen MR) is 160 cm³/mol. The number of piperidine rings is 1. The summed E-state index contributed by atoms with van der Waals surface area (Å²) in [7, 11) is -4.01. The second kappa shape index (κ2) is 11.2. The van der Waals surface area contributed by atoms with Gasteiger partial charge in [0.25, 0.3) is 5.56 Å². The Balaban J connectivity index is 1.37. The number of rotatable bonds is 8. The molecule has 2 fully saturated rings. The van der Waals surface area contributed by atoms with Crippen LogP contribution in [0.25, 0.3) is 16.9 Å². The van der Waals surface area contributed by atoms with Crippen molar-refractivity contribution in [2.75, 3.05) is 19.7 Å². The lowest BCUT2D eigenvalue weighted by atomic mass is 9.73. The van der Waals surface area contributed by atoms with Crippen molar-refractivity contribution < 1.29 is 23.1 Å². The number of aryl methyl sites for hydroxylation is 1. The number of carboxylic acids is 1. The van der Waals surface area contributed by atoms with Crippen molar-refractivity contribution in [3.8, 4) is 17.1 Å². The Kier molecular flexibility index (Phi) is 7.59. The van der Waals surface area contributed by atoms with Gasteiger partial charge in [0.2, 0.25) is 10.0 Å². The summed E-state index contributed by atoms with van der Waals surface area (Å²) < 4.78 is 36.6. The maximum atomic E-state index is 13.9. The van der Waals surface area contributed by atoms with Crippen LogP contribution in [0.5, 0.6) is 5.75 Å². The highest BCUT2D eigenvalue weighted by molar-refractivity contribution is 7.89. The number of ether oxygens (including phenoxy) is 1. The molecule has 2 N–H and O–H groups in total. The third-order valence-corrected chi connectivity index (χ3v) is 10.8. The van der Waals surface area contributed by atoms with Gasteiger partial charge in [0.15, 0.2) is 11.3 Å². The predicted octanol–water partition coefficient (Wildman–Crippen LogP) is 4.26. The SMILES string of the molecule is CCOc1ccc(S(=O)(=O)N2CCC(C(=O)O)(c3ccccc3)CC2)cc1-c1nn2c(C3CCCC3)nc(C)c2c(=O)[nH]1. The van der Waals surface area contributed by atoms with Crippen LogP contribution in [0.1, 0.15) is 68.4 Å². The number of nitrogens with zero attached hydrogens (tertiary/aromatic N) is 4. The molecule has 4 aromatic rings. The molecule has 1 saturated carbocycles. The molecule has 226 valence electrons. The first-order valence-corrected chi connectivity index (χ1v) is 16.2. The number of hydrogen-bond donors (Lipinski definition) is 2. The van der Waals surface area contributed by atoms with E-state index in [2.05, 4.69) is 4.98 Å². The number of nitrogens with one attached hydrogen (secondary N) is 1. The van der Waals surface area contributed by atoms with E-state index in [1.54, 1.807) is 41.8 Å². The second-order valence-electron chi connectivity index (χ2n) is 11.3. The zero-order chi connectivity index (χ0) is 30.4. The van der Waals surface area contributed by atoms with Gasteiger partial charge in [-0.25, -0.2) is 17.9 Å². The summed E-state index contributed by atoms with van der Waals surface area (Å²) in [6, 6.07) is 13.5. The maximum absolute atomic E-state index is 13.9. The number of aromatic amines is 1. The number of carboxylic acid groups (broad SMARTS) is 1. The molecule has 0 unspecified atom stereocenters. The van der Waals surface area contributed by atoms with Crippen LogP contribution in [0.15, 0.2) is 58.2 Å². The molecule has 2 aliphatic rings. The largest absolute Gasteiger partial charge is 0.493 e. The van der Waals surface area contributed by atoms with E-state index in [1.807, 2.05) is 13.0 Å². The van der Waals surface area contributed by atoms with Gasteiger partial charge in [0.05, 0.1) is 28.2 Å². The Bertz CT molecular complexity index is 1840. The molecule has 0 spiro atoms. The van der Waals surface area contributed by atoms with Gasteiger partial charge in [-0.15, -0.1) is 5.10 Å². The molecule has 11 nitrogen and oxygen atoms in total. The van der Waals surface area contributed by atoms with Crippen molar-refractivity contribution in [1.29, 1.82) is 0 Å². The number of sulfonamides is 1. The van der Waals surface area contributed by atoms with E-state index in [0.29, 0.717) is 34.7 Å². The average Bonchev–Trinajstić information content (AvgIpc) is 3.66. The van der Waals surface area contributed by atoms with Gasteiger partial charge in [0, 0.05) is 19.0 Å². The molecule has 0 bridgehead atoms. The molecule has 1 aliphatic heterocycles. The van der Waals surface area contributed by atoms with Gasteiger partial charge in [-0.1, -0.05) is 43.2 Å². The fourth-order valence-corrected chi connectivity index (χ4v) is 8.01. The number of carbonyl (C=O) groups is 1. The smallest absolute Gasteiger partial charge is 0.314 e. The molecule has 12 heteroatoms. The Hall–Kier alpha value is -4.03. The summed E-state index contributed by atoms with van der Waals surface area (Å²) in [6.07, 6.45) is 4.43. The Labute approximate surface area is 249 Å². The van der Waals surface area contributed by atoms with E-state index in [4.69, 9.17) is 14.8 Å². The van der Waals surface area contributed by atoms with E-state index in [9.17, 15) is 23.1 Å². The van der Waals surface area contributed by atoms with Crippen molar-refractivity contribution in [3.05, 3.63) is 76.0 Å². The maximum Gasteiger partial charge on any atom is 0.314 e. The lowest BCUT2D eigenvalue weighted by Crippen LogP contribution is -2.49. The quantitative estimate of drug-likeness (QED) is 0.303. The molecule has 6 rings (SSSR count). The van der Waals surface area contributed by atoms with Gasteiger partial charge < -0.3 is 14.8 Å². The highest BCUT2D eigenvalue weighted by Crippen LogP contribution is 2.39. The summed E-state index contributed by atoms with van der Waals surface area (Å²) in [6.45, 7) is 4.03. The van der Waals surface area contributed by atoms with Gasteiger partial charge >= 0.3 is 5.97 Å². The second-order valence-corrected chi connectivity index (χ2v) is 13.3. The molecule has 1 aliphatic carbocycles. The molecule has 2 aromatic heterocycles. The molecule has 0 radical (unpaired) electrons. The van der Waals surface area contributed by atoms with E-state index in [1.165, 1.54) is 16.4 Å². The third-order valence-electron chi connectivity index (χ3n) is 8.88. The van der Waals surface area contributed by atoms with E-state index >= 15 is 0 Å². The van der Waals surface area contributed by atoms with Crippen molar-refractivity contribution in [2.45, 2.75) is 68.6 Å². The van der Waals surface area contributed by atoms with Crippen LogP contribution < -0.4 is 10.3 Å². The van der Waals surface area contributed by atoms with Crippen molar-refractivity contribution in [1.82, 2.24) is 23.9 Å². The molecular formula is C31H35N5O6S. The van der Waals surface area contributed by atoms with Crippen LogP contribution in [0.4, 0.5) is 0 Å². The minimum Gasteiger partial charge on any atom is -0.493 e. The number of H-pyrrole nitrogens is 1. The number of imidazole rings is 1. The highest BCUT2D eigenvalue weighted by atomic mass is 32.2. The average molecular weight is 606 g/mol. The minimum atomic E-state index is -4.01. The summed E-state index contributed by atoms with van der Waals surface area (Å²) in [4.78, 5) is 33.2. The molecule has 0 amide bonds. The Morgan fingerprint density at radius 1 is 1.12 bits per heavy atom. The van der Waals surface area contributed by atoms with Gasteiger partial charge in [0.1, 0.15) is 11.6 Å². The monoisotopic (exact) mass is 605 g/mol. The standard InChI is InChI=1S/C31H35N5O6S/c1-3-42-25-14-13-23(43(40,41)35-17-15-31(16-18-35,30(38)39)22-11-5-4-6-12-22)19-24(25)27-33-29(37)26-20(2)32-28(36(26)34-27)21-9-7-8-10-21/h4-6,11-14,19,21H,3,7-10,15-18H2,1-2H3,(H,38,39)(H,33,34,37). The first kappa shape index (κ1) is 29.1. The normalized spacial score (nSPS) is 17.8. The first-order chi connectivity index (χ1) is 20.7. The molecule has 43 heavy (non-hydrogen) atoms. The zero-order valence-corrected chi connectivity index (χ0v) is 25.1. The number of hydrogen-bond acceptors (Lipinski definition) is 7. The number of aromatic nitrogens is 4. The number of fused-ring (bicyclic) bond motifs is 1. The van der Waals surface area contributed by atoms with Crippen molar-refractivity contribution in [3.63, 3.8) is 0 Å². The summed E-state index contributed by atoms with van der Waals surface area (Å²) in [5, 5.41) is 14.9. The lowest BCUT2D eigenvalue weighted by Gasteiger charge is -2.38. The van der Waals surface area contributed by atoms with E-state index in [-0.39, 0.29) is 48.1 Å². The first-order valence-electron chi connectivity index (χ1n) is 14.7. The number of aliphatic carboxylic acids is 1. The van der Waals surface area contributed by atoms with Crippen LogP contribution in [-0.4, -0.2) is 63.1 Å².